The summed E-state index contributed by atoms with van der Waals surface area (Å²) in [6, 6.07) is 0. The van der Waals surface area contributed by atoms with Gasteiger partial charge in [-0.15, -0.1) is 0 Å². The molecule has 5 fully saturated rings. The Morgan fingerprint density at radius 2 is 1.33 bits per heavy atom. The molecule has 0 amide bonds. The van der Waals surface area contributed by atoms with Crippen molar-refractivity contribution in [1.82, 2.24) is 0 Å². The van der Waals surface area contributed by atoms with E-state index in [0.717, 1.165) is 64.4 Å². The van der Waals surface area contributed by atoms with Gasteiger partial charge in [0.1, 0.15) is 24.4 Å². The van der Waals surface area contributed by atoms with Crippen LogP contribution in [0.1, 0.15) is 77.6 Å². The molecule has 5 rings (SSSR count). The Hall–Kier alpha value is -0.240. The van der Waals surface area contributed by atoms with E-state index in [1.165, 1.54) is 12.8 Å². The van der Waals surface area contributed by atoms with Crippen LogP contribution in [0, 0.1) is 0 Å². The fourth-order valence-electron chi connectivity index (χ4n) is 5.52. The molecular weight excluding hydrogens is 348 g/mol. The monoisotopic (exact) mass is 382 g/mol. The minimum absolute atomic E-state index is 0.127. The van der Waals surface area contributed by atoms with Crippen molar-refractivity contribution in [2.75, 3.05) is 13.2 Å². The fraction of sp³-hybridized carbons (Fsp3) is 1.00. The van der Waals surface area contributed by atoms with Gasteiger partial charge in [0, 0.05) is 32.3 Å². The summed E-state index contributed by atoms with van der Waals surface area (Å²) in [6.45, 7) is 3.38. The smallest absolute Gasteiger partial charge is 0.190 e. The quantitative estimate of drug-likeness (QED) is 0.692. The van der Waals surface area contributed by atoms with Crippen LogP contribution in [0.15, 0.2) is 0 Å². The number of fused-ring (bicyclic) bond motifs is 3. The van der Waals surface area contributed by atoms with Gasteiger partial charge in [0.25, 0.3) is 0 Å². The summed E-state index contributed by atoms with van der Waals surface area (Å²) >= 11 is 0. The second kappa shape index (κ2) is 7.54. The van der Waals surface area contributed by atoms with Crippen molar-refractivity contribution in [2.45, 2.75) is 120 Å². The maximum atomic E-state index is 6.62. The Bertz CT molecular complexity index is 513. The molecule has 0 radical (unpaired) electrons. The lowest BCUT2D eigenvalue weighted by atomic mass is 9.94. The molecule has 3 heterocycles. The van der Waals surface area contributed by atoms with E-state index in [4.69, 9.17) is 28.4 Å². The lowest BCUT2D eigenvalue weighted by molar-refractivity contribution is -0.256. The highest BCUT2D eigenvalue weighted by atomic mass is 16.9. The zero-order valence-corrected chi connectivity index (χ0v) is 16.5. The second-order valence-electron chi connectivity index (χ2n) is 8.93. The predicted octanol–water partition coefficient (Wildman–Crippen LogP) is 3.66. The van der Waals surface area contributed by atoms with Gasteiger partial charge >= 0.3 is 0 Å². The van der Waals surface area contributed by atoms with Gasteiger partial charge in [0.15, 0.2) is 17.9 Å². The van der Waals surface area contributed by atoms with Gasteiger partial charge in [-0.05, 0) is 32.1 Å². The van der Waals surface area contributed by atoms with E-state index in [9.17, 15) is 0 Å². The third-order valence-electron chi connectivity index (χ3n) is 6.84. The average molecular weight is 382 g/mol. The number of rotatable bonds is 4. The number of hydrogen-bond acceptors (Lipinski definition) is 6. The lowest BCUT2D eigenvalue weighted by Gasteiger charge is -2.37. The van der Waals surface area contributed by atoms with Crippen molar-refractivity contribution in [3.8, 4) is 0 Å². The van der Waals surface area contributed by atoms with Crippen molar-refractivity contribution in [1.29, 1.82) is 0 Å². The highest BCUT2D eigenvalue weighted by molar-refractivity contribution is 5.03. The van der Waals surface area contributed by atoms with E-state index in [0.29, 0.717) is 6.61 Å². The van der Waals surface area contributed by atoms with Crippen LogP contribution in [0.3, 0.4) is 0 Å². The molecule has 0 unspecified atom stereocenters. The summed E-state index contributed by atoms with van der Waals surface area (Å²) in [6.07, 6.45) is 11.0. The SMILES string of the molecule is CCCOC[C@@H]1O[C@H]2OC3(CCCCC3)O[C@@H]2[C@H]2OC3(CCCCC3)O[C@H]21. The van der Waals surface area contributed by atoms with E-state index in [2.05, 4.69) is 6.92 Å². The topological polar surface area (TPSA) is 55.4 Å². The van der Waals surface area contributed by atoms with E-state index >= 15 is 0 Å². The minimum Gasteiger partial charge on any atom is -0.379 e. The molecule has 0 bridgehead atoms. The Kier molecular flexibility index (Phi) is 5.24. The molecule has 0 aromatic rings. The van der Waals surface area contributed by atoms with E-state index in [1.807, 2.05) is 0 Å². The van der Waals surface area contributed by atoms with E-state index < -0.39 is 11.6 Å². The zero-order chi connectivity index (χ0) is 18.3. The Morgan fingerprint density at radius 1 is 0.741 bits per heavy atom. The molecule has 0 aromatic carbocycles. The highest BCUT2D eigenvalue weighted by Gasteiger charge is 2.63. The highest BCUT2D eigenvalue weighted by Crippen LogP contribution is 2.50. The van der Waals surface area contributed by atoms with Gasteiger partial charge < -0.3 is 28.4 Å². The molecule has 6 heteroatoms. The van der Waals surface area contributed by atoms with Crippen molar-refractivity contribution in [3.05, 3.63) is 0 Å². The van der Waals surface area contributed by atoms with Gasteiger partial charge in [-0.25, -0.2) is 0 Å². The zero-order valence-electron chi connectivity index (χ0n) is 16.5. The number of hydrogen-bond donors (Lipinski definition) is 0. The van der Waals surface area contributed by atoms with Crippen LogP contribution < -0.4 is 0 Å². The molecule has 2 saturated carbocycles. The molecule has 2 spiro atoms. The molecule has 5 atom stereocenters. The van der Waals surface area contributed by atoms with Crippen LogP contribution in [0.2, 0.25) is 0 Å². The molecule has 2 aliphatic carbocycles. The van der Waals surface area contributed by atoms with E-state index in [1.54, 1.807) is 0 Å². The van der Waals surface area contributed by atoms with Crippen molar-refractivity contribution in [3.63, 3.8) is 0 Å². The van der Waals surface area contributed by atoms with Gasteiger partial charge in [-0.1, -0.05) is 19.8 Å². The number of ether oxygens (including phenoxy) is 6. The maximum Gasteiger partial charge on any atom is 0.190 e. The second-order valence-corrected chi connectivity index (χ2v) is 8.93. The van der Waals surface area contributed by atoms with Crippen LogP contribution in [0.25, 0.3) is 0 Å². The minimum atomic E-state index is -0.483. The molecule has 0 N–H and O–H groups in total. The Morgan fingerprint density at radius 3 is 2.00 bits per heavy atom. The van der Waals surface area contributed by atoms with Gasteiger partial charge in [0.2, 0.25) is 0 Å². The van der Waals surface area contributed by atoms with Crippen LogP contribution >= 0.6 is 0 Å². The summed E-state index contributed by atoms with van der Waals surface area (Å²) in [7, 11) is 0. The van der Waals surface area contributed by atoms with Crippen molar-refractivity contribution >= 4 is 0 Å². The van der Waals surface area contributed by atoms with Gasteiger partial charge in [-0.2, -0.15) is 0 Å². The summed E-state index contributed by atoms with van der Waals surface area (Å²) in [5.74, 6) is -0.941. The largest absolute Gasteiger partial charge is 0.379 e. The van der Waals surface area contributed by atoms with Gasteiger partial charge in [0.05, 0.1) is 6.61 Å². The van der Waals surface area contributed by atoms with Crippen LogP contribution in [0.5, 0.6) is 0 Å². The summed E-state index contributed by atoms with van der Waals surface area (Å²) in [5.41, 5.74) is 0. The summed E-state index contributed by atoms with van der Waals surface area (Å²) in [5, 5.41) is 0. The molecule has 154 valence electrons. The Balaban J connectivity index is 1.36. The van der Waals surface area contributed by atoms with Gasteiger partial charge in [-0.3, -0.25) is 0 Å². The fourth-order valence-corrected chi connectivity index (χ4v) is 5.52. The third kappa shape index (κ3) is 3.47. The van der Waals surface area contributed by atoms with E-state index in [-0.39, 0.29) is 30.7 Å². The first-order chi connectivity index (χ1) is 13.2. The predicted molar refractivity (Wildman–Crippen MR) is 97.1 cm³/mol. The molecule has 3 saturated heterocycles. The summed E-state index contributed by atoms with van der Waals surface area (Å²) < 4.78 is 38.3. The maximum absolute atomic E-state index is 6.62. The molecule has 6 nitrogen and oxygen atoms in total. The molecular formula is C21H34O6. The lowest BCUT2D eigenvalue weighted by Crippen LogP contribution is -2.56. The molecule has 3 aliphatic heterocycles. The van der Waals surface area contributed by atoms with Crippen LogP contribution in [-0.4, -0.2) is 55.5 Å². The molecule has 5 aliphatic rings. The first-order valence-corrected chi connectivity index (χ1v) is 11.2. The first-order valence-electron chi connectivity index (χ1n) is 11.2. The standard InChI is InChI=1S/C21H34O6/c1-2-13-22-14-15-16-17(25-20(24-16)9-5-3-6-10-20)18-19(23-15)27-21(26-18)11-7-4-8-12-21/h15-19H,2-14H2,1H3/t15-,16-,17-,18+,19-/m0/s1. The molecule has 0 aromatic heterocycles. The molecule has 27 heavy (non-hydrogen) atoms. The normalized spacial score (nSPS) is 42.3. The van der Waals surface area contributed by atoms with Crippen molar-refractivity contribution in [2.24, 2.45) is 0 Å². The van der Waals surface area contributed by atoms with Crippen LogP contribution in [0.4, 0.5) is 0 Å². The van der Waals surface area contributed by atoms with Crippen LogP contribution in [-0.2, 0) is 28.4 Å². The first kappa shape index (κ1) is 18.8. The van der Waals surface area contributed by atoms with Crippen molar-refractivity contribution < 1.29 is 28.4 Å². The third-order valence-corrected chi connectivity index (χ3v) is 6.84. The Labute approximate surface area is 162 Å². The average Bonchev–Trinajstić information content (AvgIpc) is 3.21. The summed E-state index contributed by atoms with van der Waals surface area (Å²) in [4.78, 5) is 0.